The number of nitrogens with zero attached hydrogens (tertiary/aromatic N) is 1. The molecule has 0 aromatic heterocycles. The highest BCUT2D eigenvalue weighted by Crippen LogP contribution is 2.36. The van der Waals surface area contributed by atoms with E-state index in [1.807, 2.05) is 31.2 Å². The highest BCUT2D eigenvalue weighted by molar-refractivity contribution is 6.30. The molecule has 0 bridgehead atoms. The molecule has 1 fully saturated rings. The Bertz CT molecular complexity index is 801. The number of carbonyl (C=O) groups is 2. The molecule has 0 spiro atoms. The van der Waals surface area contributed by atoms with Gasteiger partial charge in [0.1, 0.15) is 0 Å². The molecule has 2 aliphatic rings. The van der Waals surface area contributed by atoms with Crippen molar-refractivity contribution in [2.45, 2.75) is 19.8 Å². The van der Waals surface area contributed by atoms with Crippen LogP contribution in [0.25, 0.3) is 0 Å². The quantitative estimate of drug-likeness (QED) is 0.690. The summed E-state index contributed by atoms with van der Waals surface area (Å²) in [5.41, 5.74) is 4.06. The standard InChI is InChI=1S/C19H17NO2/c1-12-8-9-15(20-10-4-5-11-20)17-16(12)18(21)13-6-2-3-7-14(13)19(17)22/h2-3,6-9H,4-5,10-11H2,1H3. The maximum Gasteiger partial charge on any atom is 0.196 e. The van der Waals surface area contributed by atoms with Gasteiger partial charge >= 0.3 is 0 Å². The molecule has 3 heteroatoms. The first-order valence-corrected chi connectivity index (χ1v) is 7.75. The number of benzene rings is 2. The third kappa shape index (κ3) is 1.75. The Labute approximate surface area is 129 Å². The van der Waals surface area contributed by atoms with Crippen molar-refractivity contribution in [2.75, 3.05) is 18.0 Å². The van der Waals surface area contributed by atoms with Crippen LogP contribution in [-0.2, 0) is 0 Å². The molecular weight excluding hydrogens is 274 g/mol. The average Bonchev–Trinajstić information content (AvgIpc) is 3.06. The van der Waals surface area contributed by atoms with Gasteiger partial charge in [0.05, 0.1) is 5.56 Å². The third-order valence-corrected chi connectivity index (χ3v) is 4.71. The summed E-state index contributed by atoms with van der Waals surface area (Å²) in [6.07, 6.45) is 2.28. The van der Waals surface area contributed by atoms with E-state index in [2.05, 4.69) is 4.90 Å². The van der Waals surface area contributed by atoms with E-state index in [0.29, 0.717) is 22.3 Å². The molecule has 110 valence electrons. The van der Waals surface area contributed by atoms with Crippen LogP contribution in [0.1, 0.15) is 50.2 Å². The minimum Gasteiger partial charge on any atom is -0.371 e. The first-order valence-electron chi connectivity index (χ1n) is 7.75. The minimum absolute atomic E-state index is 0.0178. The number of hydrogen-bond acceptors (Lipinski definition) is 3. The lowest BCUT2D eigenvalue weighted by atomic mass is 9.81. The van der Waals surface area contributed by atoms with Gasteiger partial charge < -0.3 is 4.90 Å². The molecule has 3 nitrogen and oxygen atoms in total. The first kappa shape index (κ1) is 13.3. The summed E-state index contributed by atoms with van der Waals surface area (Å²) < 4.78 is 0. The molecule has 22 heavy (non-hydrogen) atoms. The van der Waals surface area contributed by atoms with Gasteiger partial charge in [-0.3, -0.25) is 9.59 Å². The van der Waals surface area contributed by atoms with Crippen molar-refractivity contribution in [3.63, 3.8) is 0 Å². The summed E-state index contributed by atoms with van der Waals surface area (Å²) in [6.45, 7) is 3.82. The maximum atomic E-state index is 13.0. The maximum absolute atomic E-state index is 13.0. The second kappa shape index (κ2) is 4.80. The van der Waals surface area contributed by atoms with Gasteiger partial charge in [-0.15, -0.1) is 0 Å². The van der Waals surface area contributed by atoms with Gasteiger partial charge in [0.15, 0.2) is 11.6 Å². The van der Waals surface area contributed by atoms with E-state index in [0.717, 1.165) is 37.2 Å². The fourth-order valence-electron chi connectivity index (χ4n) is 3.59. The second-order valence-electron chi connectivity index (χ2n) is 6.05. The molecule has 0 saturated carbocycles. The molecule has 0 amide bonds. The molecular formula is C19H17NO2. The highest BCUT2D eigenvalue weighted by atomic mass is 16.1. The van der Waals surface area contributed by atoms with Crippen molar-refractivity contribution in [2.24, 2.45) is 0 Å². The number of fused-ring (bicyclic) bond motifs is 2. The lowest BCUT2D eigenvalue weighted by Crippen LogP contribution is -2.27. The van der Waals surface area contributed by atoms with Crippen LogP contribution in [0.15, 0.2) is 36.4 Å². The summed E-state index contributed by atoms with van der Waals surface area (Å²) >= 11 is 0. The van der Waals surface area contributed by atoms with Crippen molar-refractivity contribution in [1.29, 1.82) is 0 Å². The van der Waals surface area contributed by atoms with Gasteiger partial charge in [-0.2, -0.15) is 0 Å². The highest BCUT2D eigenvalue weighted by Gasteiger charge is 2.34. The zero-order valence-electron chi connectivity index (χ0n) is 12.6. The lowest BCUT2D eigenvalue weighted by molar-refractivity contribution is 0.0979. The molecule has 0 unspecified atom stereocenters. The van der Waals surface area contributed by atoms with Crippen molar-refractivity contribution in [3.05, 3.63) is 64.2 Å². The number of rotatable bonds is 1. The topological polar surface area (TPSA) is 37.4 Å². The van der Waals surface area contributed by atoms with Gasteiger partial charge in [-0.1, -0.05) is 30.3 Å². The normalized spacial score (nSPS) is 16.7. The Morgan fingerprint density at radius 2 is 1.41 bits per heavy atom. The van der Waals surface area contributed by atoms with Gasteiger partial charge in [-0.25, -0.2) is 0 Å². The SMILES string of the molecule is Cc1ccc(N2CCCC2)c2c1C(=O)c1ccccc1C2=O. The Morgan fingerprint density at radius 1 is 0.818 bits per heavy atom. The van der Waals surface area contributed by atoms with E-state index in [-0.39, 0.29) is 11.6 Å². The number of aryl methyl sites for hydroxylation is 1. The van der Waals surface area contributed by atoms with Crippen LogP contribution in [0.3, 0.4) is 0 Å². The third-order valence-electron chi connectivity index (χ3n) is 4.71. The monoisotopic (exact) mass is 291 g/mol. The number of carbonyl (C=O) groups excluding carboxylic acids is 2. The smallest absolute Gasteiger partial charge is 0.196 e. The Balaban J connectivity index is 1.99. The van der Waals surface area contributed by atoms with E-state index >= 15 is 0 Å². The zero-order valence-corrected chi connectivity index (χ0v) is 12.6. The second-order valence-corrected chi connectivity index (χ2v) is 6.05. The average molecular weight is 291 g/mol. The van der Waals surface area contributed by atoms with Crippen LogP contribution < -0.4 is 4.90 Å². The van der Waals surface area contributed by atoms with Gasteiger partial charge in [0.2, 0.25) is 0 Å². The molecule has 0 atom stereocenters. The molecule has 1 heterocycles. The van der Waals surface area contributed by atoms with E-state index in [1.165, 1.54) is 0 Å². The van der Waals surface area contributed by atoms with E-state index in [4.69, 9.17) is 0 Å². The van der Waals surface area contributed by atoms with Crippen LogP contribution in [0.5, 0.6) is 0 Å². The summed E-state index contributed by atoms with van der Waals surface area (Å²) in [4.78, 5) is 28.1. The van der Waals surface area contributed by atoms with Gasteiger partial charge in [0.25, 0.3) is 0 Å². The predicted octanol–water partition coefficient (Wildman–Crippen LogP) is 3.37. The molecule has 1 aliphatic carbocycles. The molecule has 4 rings (SSSR count). The Kier molecular flexibility index (Phi) is 2.89. The number of hydrogen-bond donors (Lipinski definition) is 0. The minimum atomic E-state index is -0.0243. The molecule has 0 radical (unpaired) electrons. The fourth-order valence-corrected chi connectivity index (χ4v) is 3.59. The van der Waals surface area contributed by atoms with Gasteiger partial charge in [0, 0.05) is 35.5 Å². The summed E-state index contributed by atoms with van der Waals surface area (Å²) in [7, 11) is 0. The molecule has 1 aliphatic heterocycles. The van der Waals surface area contributed by atoms with Crippen LogP contribution in [0.2, 0.25) is 0 Å². The lowest BCUT2D eigenvalue weighted by Gasteiger charge is -2.26. The summed E-state index contributed by atoms with van der Waals surface area (Å²) in [6, 6.07) is 11.1. The Morgan fingerprint density at radius 3 is 2.05 bits per heavy atom. The molecule has 1 saturated heterocycles. The van der Waals surface area contributed by atoms with Crippen LogP contribution in [0, 0.1) is 6.92 Å². The largest absolute Gasteiger partial charge is 0.371 e. The number of ketones is 2. The molecule has 2 aromatic carbocycles. The van der Waals surface area contributed by atoms with Crippen molar-refractivity contribution in [3.8, 4) is 0 Å². The van der Waals surface area contributed by atoms with Crippen molar-refractivity contribution in [1.82, 2.24) is 0 Å². The van der Waals surface area contributed by atoms with Crippen molar-refractivity contribution >= 4 is 17.3 Å². The molecule has 0 N–H and O–H groups in total. The van der Waals surface area contributed by atoms with Crippen molar-refractivity contribution < 1.29 is 9.59 Å². The summed E-state index contributed by atoms with van der Waals surface area (Å²) in [5.74, 6) is -0.0421. The first-order chi connectivity index (χ1) is 10.7. The van der Waals surface area contributed by atoms with E-state index in [9.17, 15) is 9.59 Å². The predicted molar refractivity (Wildman–Crippen MR) is 85.9 cm³/mol. The summed E-state index contributed by atoms with van der Waals surface area (Å²) in [5, 5.41) is 0. The number of anilines is 1. The molecule has 2 aromatic rings. The van der Waals surface area contributed by atoms with Crippen LogP contribution in [0.4, 0.5) is 5.69 Å². The fraction of sp³-hybridized carbons (Fsp3) is 0.263. The van der Waals surface area contributed by atoms with Gasteiger partial charge in [-0.05, 0) is 31.4 Å². The van der Waals surface area contributed by atoms with Crippen LogP contribution in [-0.4, -0.2) is 24.7 Å². The Hall–Kier alpha value is -2.42. The zero-order chi connectivity index (χ0) is 15.3. The van der Waals surface area contributed by atoms with Crippen LogP contribution >= 0.6 is 0 Å². The van der Waals surface area contributed by atoms with E-state index < -0.39 is 0 Å². The van der Waals surface area contributed by atoms with E-state index in [1.54, 1.807) is 12.1 Å².